The molecule has 4 rings (SSSR count). The van der Waals surface area contributed by atoms with Crippen LogP contribution in [0.1, 0.15) is 5.82 Å². The number of aromatic amines is 1. The van der Waals surface area contributed by atoms with Gasteiger partial charge in [-0.05, 0) is 6.07 Å². The highest BCUT2D eigenvalue weighted by atomic mass is 16.5. The SMILES string of the molecule is COCc1nc2ncc3c(=O)n(-c4ncn[nH]4)ccc3n2n1. The van der Waals surface area contributed by atoms with Gasteiger partial charge in [-0.1, -0.05) is 0 Å². The van der Waals surface area contributed by atoms with Gasteiger partial charge in [0.15, 0.2) is 5.82 Å². The number of pyridine rings is 1. The fourth-order valence-electron chi connectivity index (χ4n) is 2.23. The van der Waals surface area contributed by atoms with Gasteiger partial charge in [0.2, 0.25) is 5.95 Å². The van der Waals surface area contributed by atoms with Crippen LogP contribution >= 0.6 is 0 Å². The second kappa shape index (κ2) is 4.70. The van der Waals surface area contributed by atoms with E-state index in [1.807, 2.05) is 0 Å². The number of hydrogen-bond acceptors (Lipinski definition) is 7. The van der Waals surface area contributed by atoms with Gasteiger partial charge in [-0.25, -0.2) is 10.1 Å². The Balaban J connectivity index is 2.00. The van der Waals surface area contributed by atoms with Crippen molar-refractivity contribution in [2.45, 2.75) is 6.61 Å². The fraction of sp³-hybridized carbons (Fsp3) is 0.167. The van der Waals surface area contributed by atoms with Gasteiger partial charge in [0.25, 0.3) is 11.3 Å². The molecule has 0 fully saturated rings. The van der Waals surface area contributed by atoms with Crippen molar-refractivity contribution in [1.82, 2.24) is 39.3 Å². The Kier molecular flexibility index (Phi) is 2.69. The van der Waals surface area contributed by atoms with Crippen LogP contribution in [-0.4, -0.2) is 46.4 Å². The Bertz CT molecular complexity index is 1020. The summed E-state index contributed by atoms with van der Waals surface area (Å²) in [7, 11) is 1.56. The summed E-state index contributed by atoms with van der Waals surface area (Å²) in [4.78, 5) is 24.9. The molecule has 0 radical (unpaired) electrons. The smallest absolute Gasteiger partial charge is 0.268 e. The van der Waals surface area contributed by atoms with Crippen molar-refractivity contribution in [3.05, 3.63) is 41.0 Å². The third-order valence-electron chi connectivity index (χ3n) is 3.18. The molecule has 110 valence electrons. The van der Waals surface area contributed by atoms with E-state index >= 15 is 0 Å². The van der Waals surface area contributed by atoms with Crippen molar-refractivity contribution in [1.29, 1.82) is 0 Å². The van der Waals surface area contributed by atoms with E-state index in [-0.39, 0.29) is 12.2 Å². The Morgan fingerprint density at radius 2 is 2.27 bits per heavy atom. The second-order valence-electron chi connectivity index (χ2n) is 4.53. The quantitative estimate of drug-likeness (QED) is 0.551. The van der Waals surface area contributed by atoms with Gasteiger partial charge in [0, 0.05) is 19.5 Å². The highest BCUT2D eigenvalue weighted by Gasteiger charge is 2.12. The first-order valence-electron chi connectivity index (χ1n) is 6.38. The Morgan fingerprint density at radius 3 is 3.05 bits per heavy atom. The largest absolute Gasteiger partial charge is 0.377 e. The van der Waals surface area contributed by atoms with Gasteiger partial charge in [-0.2, -0.15) is 19.6 Å². The molecule has 0 atom stereocenters. The number of methoxy groups -OCH3 is 1. The zero-order chi connectivity index (χ0) is 15.1. The molecule has 0 aliphatic heterocycles. The first-order valence-corrected chi connectivity index (χ1v) is 6.38. The summed E-state index contributed by atoms with van der Waals surface area (Å²) in [5.41, 5.74) is 0.341. The Hall–Kier alpha value is -3.14. The predicted octanol–water partition coefficient (Wildman–Crippen LogP) is -0.307. The second-order valence-corrected chi connectivity index (χ2v) is 4.53. The van der Waals surface area contributed by atoms with E-state index in [2.05, 4.69) is 30.2 Å². The number of nitrogens with zero attached hydrogens (tertiary/aromatic N) is 7. The number of hydrogen-bond donors (Lipinski definition) is 1. The van der Waals surface area contributed by atoms with E-state index in [1.165, 1.54) is 21.6 Å². The molecule has 0 saturated carbocycles. The van der Waals surface area contributed by atoms with Crippen molar-refractivity contribution >= 4 is 16.7 Å². The first kappa shape index (κ1) is 12.6. The third-order valence-corrected chi connectivity index (χ3v) is 3.18. The van der Waals surface area contributed by atoms with Gasteiger partial charge >= 0.3 is 0 Å². The standard InChI is InChI=1S/C12H10N8O2/c1-22-5-9-16-11-13-4-7-8(20(11)18-9)2-3-19(10(7)21)12-14-6-15-17-12/h2-4,6H,5H2,1H3,(H,14,15,17). The van der Waals surface area contributed by atoms with E-state index in [1.54, 1.807) is 19.4 Å². The maximum Gasteiger partial charge on any atom is 0.268 e. The van der Waals surface area contributed by atoms with Gasteiger partial charge in [0.05, 0.1) is 10.9 Å². The van der Waals surface area contributed by atoms with Crippen LogP contribution in [0.15, 0.2) is 29.6 Å². The maximum atomic E-state index is 12.6. The number of H-pyrrole nitrogens is 1. The zero-order valence-electron chi connectivity index (χ0n) is 11.5. The highest BCUT2D eigenvalue weighted by Crippen LogP contribution is 2.11. The fourth-order valence-corrected chi connectivity index (χ4v) is 2.23. The summed E-state index contributed by atoms with van der Waals surface area (Å²) in [6.07, 6.45) is 4.41. The maximum absolute atomic E-state index is 12.6. The molecular weight excluding hydrogens is 288 g/mol. The van der Waals surface area contributed by atoms with E-state index < -0.39 is 0 Å². The average molecular weight is 298 g/mol. The Morgan fingerprint density at radius 1 is 1.36 bits per heavy atom. The van der Waals surface area contributed by atoms with Crippen LogP contribution in [0.3, 0.4) is 0 Å². The zero-order valence-corrected chi connectivity index (χ0v) is 11.5. The van der Waals surface area contributed by atoms with Crippen molar-refractivity contribution in [3.8, 4) is 5.95 Å². The summed E-state index contributed by atoms with van der Waals surface area (Å²) < 4.78 is 7.89. The minimum absolute atomic E-state index is 0.271. The summed E-state index contributed by atoms with van der Waals surface area (Å²) in [5, 5.41) is 11.1. The lowest BCUT2D eigenvalue weighted by molar-refractivity contribution is 0.178. The molecule has 22 heavy (non-hydrogen) atoms. The Labute approximate surface area is 122 Å². The van der Waals surface area contributed by atoms with Crippen molar-refractivity contribution in [3.63, 3.8) is 0 Å². The van der Waals surface area contributed by atoms with Crippen LogP contribution in [0, 0.1) is 0 Å². The van der Waals surface area contributed by atoms with Gasteiger partial charge in [-0.3, -0.25) is 9.36 Å². The molecule has 4 aromatic heterocycles. The molecule has 1 N–H and O–H groups in total. The molecule has 0 bridgehead atoms. The first-order chi connectivity index (χ1) is 10.8. The lowest BCUT2D eigenvalue weighted by Crippen LogP contribution is -2.20. The molecule has 10 heteroatoms. The summed E-state index contributed by atoms with van der Waals surface area (Å²) in [6, 6.07) is 1.75. The summed E-state index contributed by atoms with van der Waals surface area (Å²) >= 11 is 0. The van der Waals surface area contributed by atoms with Crippen LogP contribution in [0.25, 0.3) is 22.6 Å². The molecule has 4 heterocycles. The number of rotatable bonds is 3. The van der Waals surface area contributed by atoms with Crippen LogP contribution in [-0.2, 0) is 11.3 Å². The third kappa shape index (κ3) is 1.78. The molecule has 0 amide bonds. The van der Waals surface area contributed by atoms with Crippen molar-refractivity contribution in [2.75, 3.05) is 7.11 Å². The van der Waals surface area contributed by atoms with Crippen LogP contribution < -0.4 is 5.56 Å². The summed E-state index contributed by atoms with van der Waals surface area (Å²) in [5.74, 6) is 1.25. The van der Waals surface area contributed by atoms with Crippen LogP contribution in [0.2, 0.25) is 0 Å². The molecule has 0 unspecified atom stereocenters. The topological polar surface area (TPSA) is 116 Å². The van der Waals surface area contributed by atoms with E-state index in [0.29, 0.717) is 28.5 Å². The van der Waals surface area contributed by atoms with Crippen LogP contribution in [0.4, 0.5) is 0 Å². The molecule has 10 nitrogen and oxygen atoms in total. The number of fused-ring (bicyclic) bond motifs is 3. The molecule has 4 aromatic rings. The normalized spacial score (nSPS) is 11.5. The van der Waals surface area contributed by atoms with Crippen molar-refractivity contribution in [2.24, 2.45) is 0 Å². The van der Waals surface area contributed by atoms with Gasteiger partial charge in [0.1, 0.15) is 12.9 Å². The summed E-state index contributed by atoms with van der Waals surface area (Å²) in [6.45, 7) is 0.278. The van der Waals surface area contributed by atoms with E-state index in [0.717, 1.165) is 0 Å². The van der Waals surface area contributed by atoms with Crippen molar-refractivity contribution < 1.29 is 4.74 Å². The average Bonchev–Trinajstić information content (AvgIpc) is 3.16. The number of aromatic nitrogens is 8. The monoisotopic (exact) mass is 298 g/mol. The van der Waals surface area contributed by atoms with Gasteiger partial charge < -0.3 is 4.74 Å². The molecule has 0 aliphatic carbocycles. The predicted molar refractivity (Wildman–Crippen MR) is 74.5 cm³/mol. The molecule has 0 aliphatic rings. The molecule has 0 saturated heterocycles. The van der Waals surface area contributed by atoms with Gasteiger partial charge in [-0.15, -0.1) is 5.10 Å². The molecule has 0 aromatic carbocycles. The van der Waals surface area contributed by atoms with E-state index in [9.17, 15) is 4.79 Å². The van der Waals surface area contributed by atoms with Crippen LogP contribution in [0.5, 0.6) is 0 Å². The molecule has 0 spiro atoms. The highest BCUT2D eigenvalue weighted by molar-refractivity contribution is 5.78. The molecular formula is C12H10N8O2. The lowest BCUT2D eigenvalue weighted by atomic mass is 10.3. The minimum Gasteiger partial charge on any atom is -0.377 e. The number of ether oxygens (including phenoxy) is 1. The minimum atomic E-state index is -0.271. The lowest BCUT2D eigenvalue weighted by Gasteiger charge is -2.03. The van der Waals surface area contributed by atoms with E-state index in [4.69, 9.17) is 4.74 Å². The number of nitrogens with one attached hydrogen (secondary N) is 1.